The number of anilines is 1. The molecule has 2 amide bonds. The van der Waals surface area contributed by atoms with E-state index in [2.05, 4.69) is 22.5 Å². The van der Waals surface area contributed by atoms with Crippen LogP contribution in [0.5, 0.6) is 0 Å². The number of likely N-dealkylation sites (N-methyl/N-ethyl adjacent to an activating group) is 1. The molecule has 0 saturated carbocycles. The molecular weight excluding hydrogens is 436 g/mol. The van der Waals surface area contributed by atoms with Gasteiger partial charge in [-0.05, 0) is 24.3 Å². The molecule has 0 fully saturated rings. The fourth-order valence-corrected chi connectivity index (χ4v) is 4.81. The van der Waals surface area contributed by atoms with Crippen molar-refractivity contribution in [2.45, 2.75) is 5.54 Å². The number of hydrogen-bond acceptors (Lipinski definition) is 4. The average Bonchev–Trinajstić information content (AvgIpc) is 3.09. The van der Waals surface area contributed by atoms with Crippen LogP contribution in [-0.2, 0) is 10.3 Å². The highest BCUT2D eigenvalue weighted by Gasteiger charge is 2.64. The zero-order valence-corrected chi connectivity index (χ0v) is 17.0. The van der Waals surface area contributed by atoms with Crippen LogP contribution in [0.3, 0.4) is 0 Å². The molecule has 0 N–H and O–H groups in total. The molecule has 2 aliphatic rings. The van der Waals surface area contributed by atoms with Crippen molar-refractivity contribution in [1.29, 1.82) is 0 Å². The van der Waals surface area contributed by atoms with E-state index in [1.54, 1.807) is 49.5 Å². The standard InChI is InChI=1S/C22H15BrN2O4/c1-3-10-25-20(27)19-17(18(26)13-11-12(23)8-9-16(13)29-19)22(25)14-6-4-5-7-15(14)24(2)21(22)28/h3-9,11H,1,10H2,2H3. The highest BCUT2D eigenvalue weighted by molar-refractivity contribution is 9.10. The van der Waals surface area contributed by atoms with Gasteiger partial charge >= 0.3 is 0 Å². The molecule has 5 rings (SSSR count). The Morgan fingerprint density at radius 2 is 1.93 bits per heavy atom. The number of nitrogens with zero attached hydrogens (tertiary/aromatic N) is 2. The Labute approximate surface area is 174 Å². The van der Waals surface area contributed by atoms with E-state index in [9.17, 15) is 14.4 Å². The number of halogens is 1. The van der Waals surface area contributed by atoms with Crippen LogP contribution >= 0.6 is 15.9 Å². The molecule has 2 aliphatic heterocycles. The van der Waals surface area contributed by atoms with Crippen LogP contribution < -0.4 is 10.3 Å². The van der Waals surface area contributed by atoms with Gasteiger partial charge in [-0.1, -0.05) is 40.2 Å². The smallest absolute Gasteiger partial charge is 0.291 e. The summed E-state index contributed by atoms with van der Waals surface area (Å²) in [4.78, 5) is 43.5. The average molecular weight is 451 g/mol. The quantitative estimate of drug-likeness (QED) is 0.560. The van der Waals surface area contributed by atoms with Crippen molar-refractivity contribution < 1.29 is 14.0 Å². The minimum Gasteiger partial charge on any atom is -0.450 e. The molecule has 0 aliphatic carbocycles. The molecular formula is C22H15BrN2O4. The van der Waals surface area contributed by atoms with E-state index in [1.807, 2.05) is 6.07 Å². The Hall–Kier alpha value is -3.19. The second-order valence-corrected chi connectivity index (χ2v) is 7.99. The normalized spacial score (nSPS) is 19.9. The molecule has 6 nitrogen and oxygen atoms in total. The van der Waals surface area contributed by atoms with Gasteiger partial charge in [0.25, 0.3) is 11.8 Å². The lowest BCUT2D eigenvalue weighted by Crippen LogP contribution is -2.52. The van der Waals surface area contributed by atoms with Crippen molar-refractivity contribution >= 4 is 44.4 Å². The van der Waals surface area contributed by atoms with E-state index < -0.39 is 11.4 Å². The van der Waals surface area contributed by atoms with Crippen LogP contribution in [0.2, 0.25) is 0 Å². The molecule has 7 heteroatoms. The molecule has 3 aromatic rings. The van der Waals surface area contributed by atoms with Crippen molar-refractivity contribution in [2.24, 2.45) is 0 Å². The summed E-state index contributed by atoms with van der Waals surface area (Å²) in [5.74, 6) is -0.959. The molecule has 1 atom stereocenters. The lowest BCUT2D eigenvalue weighted by Gasteiger charge is -2.33. The highest BCUT2D eigenvalue weighted by atomic mass is 79.9. The lowest BCUT2D eigenvalue weighted by molar-refractivity contribution is -0.125. The number of rotatable bonds is 2. The van der Waals surface area contributed by atoms with E-state index in [0.717, 1.165) is 0 Å². The predicted octanol–water partition coefficient (Wildman–Crippen LogP) is 3.42. The van der Waals surface area contributed by atoms with Gasteiger partial charge in [0.15, 0.2) is 11.0 Å². The first kappa shape index (κ1) is 17.9. The van der Waals surface area contributed by atoms with Crippen LogP contribution in [0.4, 0.5) is 5.69 Å². The van der Waals surface area contributed by atoms with Crippen molar-refractivity contribution in [1.82, 2.24) is 4.90 Å². The third-order valence-corrected chi connectivity index (χ3v) is 6.13. The van der Waals surface area contributed by atoms with Gasteiger partial charge in [-0.2, -0.15) is 0 Å². The van der Waals surface area contributed by atoms with Gasteiger partial charge in [0, 0.05) is 29.3 Å². The Morgan fingerprint density at radius 3 is 2.69 bits per heavy atom. The lowest BCUT2D eigenvalue weighted by atomic mass is 9.84. The largest absolute Gasteiger partial charge is 0.450 e. The second kappa shape index (κ2) is 5.90. The summed E-state index contributed by atoms with van der Waals surface area (Å²) in [5, 5.41) is 0.311. The van der Waals surface area contributed by atoms with Crippen LogP contribution in [0.15, 0.2) is 68.8 Å². The first-order valence-corrected chi connectivity index (χ1v) is 9.79. The Morgan fingerprint density at radius 1 is 1.17 bits per heavy atom. The summed E-state index contributed by atoms with van der Waals surface area (Å²) in [6.07, 6.45) is 1.54. The predicted molar refractivity (Wildman–Crippen MR) is 112 cm³/mol. The number of para-hydroxylation sites is 1. The number of carbonyl (C=O) groups excluding carboxylic acids is 2. The topological polar surface area (TPSA) is 70.8 Å². The van der Waals surface area contributed by atoms with Gasteiger partial charge < -0.3 is 14.2 Å². The zero-order chi connectivity index (χ0) is 20.5. The van der Waals surface area contributed by atoms with Crippen LogP contribution in [0.1, 0.15) is 21.7 Å². The van der Waals surface area contributed by atoms with Gasteiger partial charge in [-0.15, -0.1) is 6.58 Å². The maximum Gasteiger partial charge on any atom is 0.291 e. The first-order chi connectivity index (χ1) is 13.9. The highest BCUT2D eigenvalue weighted by Crippen LogP contribution is 2.51. The Bertz CT molecular complexity index is 1310. The van der Waals surface area contributed by atoms with Crippen LogP contribution in [0.25, 0.3) is 11.0 Å². The van der Waals surface area contributed by atoms with Crippen molar-refractivity contribution in [3.05, 3.63) is 86.7 Å². The molecule has 1 spiro atoms. The van der Waals surface area contributed by atoms with Crippen molar-refractivity contribution in [3.63, 3.8) is 0 Å². The number of carbonyl (C=O) groups is 2. The molecule has 0 radical (unpaired) electrons. The number of benzene rings is 2. The fourth-order valence-electron chi connectivity index (χ4n) is 4.45. The molecule has 29 heavy (non-hydrogen) atoms. The summed E-state index contributed by atoms with van der Waals surface area (Å²) < 4.78 is 6.60. The summed E-state index contributed by atoms with van der Waals surface area (Å²) >= 11 is 3.37. The summed E-state index contributed by atoms with van der Waals surface area (Å²) in [5.41, 5.74) is -0.349. The van der Waals surface area contributed by atoms with Gasteiger partial charge in [0.2, 0.25) is 5.76 Å². The third-order valence-electron chi connectivity index (χ3n) is 5.64. The minimum absolute atomic E-state index is 0.0664. The second-order valence-electron chi connectivity index (χ2n) is 7.07. The van der Waals surface area contributed by atoms with E-state index in [4.69, 9.17) is 4.42 Å². The Balaban J connectivity index is 1.98. The fraction of sp³-hybridized carbons (Fsp3) is 0.136. The van der Waals surface area contributed by atoms with Gasteiger partial charge in [-0.3, -0.25) is 14.4 Å². The van der Waals surface area contributed by atoms with E-state index in [-0.39, 0.29) is 29.2 Å². The van der Waals surface area contributed by atoms with Crippen LogP contribution in [0, 0.1) is 0 Å². The van der Waals surface area contributed by atoms with E-state index in [1.165, 1.54) is 9.80 Å². The molecule has 2 aromatic carbocycles. The Kier molecular flexibility index (Phi) is 3.64. The third kappa shape index (κ3) is 2.03. The van der Waals surface area contributed by atoms with Gasteiger partial charge in [0.05, 0.1) is 10.9 Å². The zero-order valence-electron chi connectivity index (χ0n) is 15.4. The number of fused-ring (bicyclic) bond motifs is 5. The molecule has 144 valence electrons. The van der Waals surface area contributed by atoms with Gasteiger partial charge in [0.1, 0.15) is 5.58 Å². The van der Waals surface area contributed by atoms with Gasteiger partial charge in [-0.25, -0.2) is 0 Å². The molecule has 0 bridgehead atoms. The van der Waals surface area contributed by atoms with E-state index >= 15 is 0 Å². The molecule has 1 unspecified atom stereocenters. The SMILES string of the molecule is C=CCN1C(=O)c2oc3ccc(Br)cc3c(=O)c2C12C(=O)N(C)c1ccccc12. The summed E-state index contributed by atoms with van der Waals surface area (Å²) in [6.45, 7) is 3.83. The van der Waals surface area contributed by atoms with E-state index in [0.29, 0.717) is 26.7 Å². The molecule has 3 heterocycles. The van der Waals surface area contributed by atoms with Crippen molar-refractivity contribution in [3.8, 4) is 0 Å². The molecule has 0 saturated heterocycles. The number of amides is 2. The first-order valence-electron chi connectivity index (χ1n) is 9.00. The van der Waals surface area contributed by atoms with Crippen LogP contribution in [-0.4, -0.2) is 30.3 Å². The summed E-state index contributed by atoms with van der Waals surface area (Å²) in [6, 6.07) is 12.2. The molecule has 1 aromatic heterocycles. The maximum atomic E-state index is 13.6. The van der Waals surface area contributed by atoms with Crippen molar-refractivity contribution in [2.75, 3.05) is 18.5 Å². The number of hydrogen-bond donors (Lipinski definition) is 0. The summed E-state index contributed by atoms with van der Waals surface area (Å²) in [7, 11) is 1.64. The monoisotopic (exact) mass is 450 g/mol. The maximum absolute atomic E-state index is 13.6. The minimum atomic E-state index is -1.57.